The van der Waals surface area contributed by atoms with Crippen molar-refractivity contribution in [3.63, 3.8) is 0 Å². The van der Waals surface area contributed by atoms with Gasteiger partial charge in [-0.1, -0.05) is 36.4 Å². The maximum absolute atomic E-state index is 11.5. The number of Topliss-reactive ketones (excluding diaryl/α,β-unsaturated/α-hetero) is 1. The van der Waals surface area contributed by atoms with Gasteiger partial charge in [-0.05, 0) is 30.7 Å². The highest BCUT2D eigenvalue weighted by Gasteiger charge is 2.06. The molecule has 0 aliphatic heterocycles. The Morgan fingerprint density at radius 2 is 1.78 bits per heavy atom. The molecule has 90 valence electrons. The zero-order valence-corrected chi connectivity index (χ0v) is 9.92. The van der Waals surface area contributed by atoms with Crippen molar-refractivity contribution in [2.75, 3.05) is 0 Å². The van der Waals surface area contributed by atoms with Gasteiger partial charge in [-0.15, -0.1) is 0 Å². The Hall–Kier alpha value is -2.42. The van der Waals surface area contributed by atoms with Crippen LogP contribution in [0.3, 0.4) is 0 Å². The van der Waals surface area contributed by atoms with E-state index in [2.05, 4.69) is 0 Å². The number of hydrogen-bond donors (Lipinski definition) is 0. The molecule has 0 unspecified atom stereocenters. The van der Waals surface area contributed by atoms with Crippen molar-refractivity contribution < 1.29 is 9.21 Å². The van der Waals surface area contributed by atoms with Crippen LogP contribution < -0.4 is 5.63 Å². The van der Waals surface area contributed by atoms with Crippen molar-refractivity contribution in [2.24, 2.45) is 0 Å². The number of benzene rings is 1. The summed E-state index contributed by atoms with van der Waals surface area (Å²) in [5, 5.41) is 0. The Labute approximate surface area is 104 Å². The third-order valence-electron chi connectivity index (χ3n) is 2.46. The van der Waals surface area contributed by atoms with Gasteiger partial charge in [0.25, 0.3) is 0 Å². The summed E-state index contributed by atoms with van der Waals surface area (Å²) in [5.41, 5.74) is 0.486. The van der Waals surface area contributed by atoms with Crippen molar-refractivity contribution in [1.29, 1.82) is 0 Å². The fourth-order valence-electron chi connectivity index (χ4n) is 1.52. The third-order valence-corrected chi connectivity index (χ3v) is 2.46. The average Bonchev–Trinajstić information content (AvgIpc) is 2.37. The summed E-state index contributed by atoms with van der Waals surface area (Å²) >= 11 is 0. The van der Waals surface area contributed by atoms with Gasteiger partial charge in [0.1, 0.15) is 11.3 Å². The third kappa shape index (κ3) is 2.83. The lowest BCUT2D eigenvalue weighted by atomic mass is 10.2. The highest BCUT2D eigenvalue weighted by atomic mass is 16.4. The minimum Gasteiger partial charge on any atom is -0.423 e. The second-order valence-electron chi connectivity index (χ2n) is 3.84. The van der Waals surface area contributed by atoms with Crippen LogP contribution in [0.1, 0.15) is 28.6 Å². The normalized spacial score (nSPS) is 10.7. The lowest BCUT2D eigenvalue weighted by Gasteiger charge is -1.95. The molecule has 0 radical (unpaired) electrons. The van der Waals surface area contributed by atoms with Crippen LogP contribution in [-0.4, -0.2) is 5.78 Å². The van der Waals surface area contributed by atoms with Crippen molar-refractivity contribution in [1.82, 2.24) is 0 Å². The van der Waals surface area contributed by atoms with Crippen LogP contribution in [0.4, 0.5) is 0 Å². The number of ketones is 1. The van der Waals surface area contributed by atoms with E-state index in [0.717, 1.165) is 5.56 Å². The first-order chi connectivity index (χ1) is 8.66. The first-order valence-corrected chi connectivity index (χ1v) is 5.55. The fraction of sp³-hybridized carbons (Fsp3) is 0.0667. The first kappa shape index (κ1) is 12.0. The Kier molecular flexibility index (Phi) is 3.53. The molecule has 0 saturated heterocycles. The summed E-state index contributed by atoms with van der Waals surface area (Å²) in [4.78, 5) is 22.6. The molecule has 1 aromatic carbocycles. The van der Waals surface area contributed by atoms with Crippen LogP contribution in [-0.2, 0) is 0 Å². The van der Waals surface area contributed by atoms with Crippen LogP contribution in [0, 0.1) is 0 Å². The van der Waals surface area contributed by atoms with E-state index in [-0.39, 0.29) is 11.3 Å². The molecule has 1 heterocycles. The minimum absolute atomic E-state index is 0.0758. The molecule has 0 saturated carbocycles. The maximum atomic E-state index is 11.5. The summed E-state index contributed by atoms with van der Waals surface area (Å²) < 4.78 is 5.03. The van der Waals surface area contributed by atoms with Crippen LogP contribution in [0.5, 0.6) is 0 Å². The molecule has 3 nitrogen and oxygen atoms in total. The molecule has 18 heavy (non-hydrogen) atoms. The second-order valence-corrected chi connectivity index (χ2v) is 3.84. The highest BCUT2D eigenvalue weighted by molar-refractivity contribution is 5.93. The molecule has 0 fully saturated rings. The molecule has 0 aliphatic carbocycles. The molecular formula is C15H12O3. The van der Waals surface area contributed by atoms with Crippen LogP contribution in [0.15, 0.2) is 51.7 Å². The van der Waals surface area contributed by atoms with Gasteiger partial charge in [-0.3, -0.25) is 4.79 Å². The Morgan fingerprint density at radius 1 is 1.06 bits per heavy atom. The highest BCUT2D eigenvalue weighted by Crippen LogP contribution is 2.07. The molecule has 0 atom stereocenters. The van der Waals surface area contributed by atoms with Gasteiger partial charge in [-0.2, -0.15) is 0 Å². The first-order valence-electron chi connectivity index (χ1n) is 5.55. The molecule has 2 rings (SSSR count). The Morgan fingerprint density at radius 3 is 2.39 bits per heavy atom. The van der Waals surface area contributed by atoms with E-state index in [1.165, 1.54) is 13.0 Å². The zero-order chi connectivity index (χ0) is 13.0. The molecule has 0 amide bonds. The summed E-state index contributed by atoms with van der Waals surface area (Å²) in [6, 6.07) is 12.8. The topological polar surface area (TPSA) is 47.3 Å². The molecule has 0 bridgehead atoms. The summed E-state index contributed by atoms with van der Waals surface area (Å²) in [7, 11) is 0. The largest absolute Gasteiger partial charge is 0.423 e. The van der Waals surface area contributed by atoms with E-state index in [1.807, 2.05) is 36.4 Å². The van der Waals surface area contributed by atoms with Crippen molar-refractivity contribution in [3.05, 3.63) is 69.8 Å². The van der Waals surface area contributed by atoms with Gasteiger partial charge < -0.3 is 4.42 Å². The Bertz CT molecular complexity index is 636. The molecule has 1 aromatic heterocycles. The van der Waals surface area contributed by atoms with Gasteiger partial charge in [0, 0.05) is 0 Å². The number of carbonyl (C=O) groups is 1. The van der Waals surface area contributed by atoms with Gasteiger partial charge in [0.15, 0.2) is 5.78 Å². The van der Waals surface area contributed by atoms with E-state index in [4.69, 9.17) is 4.42 Å². The molecule has 2 aromatic rings. The molecule has 0 aliphatic rings. The van der Waals surface area contributed by atoms with Crippen molar-refractivity contribution in [2.45, 2.75) is 6.92 Å². The maximum Gasteiger partial charge on any atom is 0.347 e. The average molecular weight is 240 g/mol. The van der Waals surface area contributed by atoms with Crippen molar-refractivity contribution in [3.8, 4) is 0 Å². The van der Waals surface area contributed by atoms with Gasteiger partial charge in [-0.25, -0.2) is 4.79 Å². The smallest absolute Gasteiger partial charge is 0.347 e. The number of carbonyl (C=O) groups excluding carboxylic acids is 1. The van der Waals surface area contributed by atoms with E-state index in [0.29, 0.717) is 5.76 Å². The van der Waals surface area contributed by atoms with Gasteiger partial charge in [0.05, 0.1) is 0 Å². The monoisotopic (exact) mass is 240 g/mol. The minimum atomic E-state index is -0.599. The predicted octanol–water partition coefficient (Wildman–Crippen LogP) is 3.01. The van der Waals surface area contributed by atoms with Crippen LogP contribution in [0.25, 0.3) is 12.2 Å². The fourth-order valence-corrected chi connectivity index (χ4v) is 1.52. The van der Waals surface area contributed by atoms with E-state index in [9.17, 15) is 9.59 Å². The van der Waals surface area contributed by atoms with Gasteiger partial charge in [0.2, 0.25) is 0 Å². The van der Waals surface area contributed by atoms with Crippen LogP contribution in [0.2, 0.25) is 0 Å². The molecule has 0 N–H and O–H groups in total. The molecule has 0 spiro atoms. The lowest BCUT2D eigenvalue weighted by molar-refractivity contribution is 0.101. The summed E-state index contributed by atoms with van der Waals surface area (Å²) in [5.74, 6) is 0.135. The molecule has 3 heteroatoms. The van der Waals surface area contributed by atoms with Crippen LogP contribution >= 0.6 is 0 Å². The Balaban J connectivity index is 2.26. The number of rotatable bonds is 3. The standard InChI is InChI=1S/C15H12O3/c1-11(16)14-10-9-13(18-15(14)17)8-7-12-5-3-2-4-6-12/h2-10H,1H3/b8-7+. The van der Waals surface area contributed by atoms with E-state index in [1.54, 1.807) is 12.1 Å². The van der Waals surface area contributed by atoms with E-state index >= 15 is 0 Å². The quantitative estimate of drug-likeness (QED) is 0.775. The SMILES string of the molecule is CC(=O)c1ccc(/C=C/c2ccccc2)oc1=O. The lowest BCUT2D eigenvalue weighted by Crippen LogP contribution is -2.11. The van der Waals surface area contributed by atoms with Crippen molar-refractivity contribution >= 4 is 17.9 Å². The van der Waals surface area contributed by atoms with E-state index < -0.39 is 5.63 Å². The predicted molar refractivity (Wildman–Crippen MR) is 70.4 cm³/mol. The second kappa shape index (κ2) is 5.27. The number of hydrogen-bond acceptors (Lipinski definition) is 3. The van der Waals surface area contributed by atoms with Gasteiger partial charge >= 0.3 is 5.63 Å². The summed E-state index contributed by atoms with van der Waals surface area (Å²) in [6.07, 6.45) is 3.53. The zero-order valence-electron chi connectivity index (χ0n) is 9.92. The summed E-state index contributed by atoms with van der Waals surface area (Å²) in [6.45, 7) is 1.34. The molecular weight excluding hydrogens is 228 g/mol.